The molecule has 3 heterocycles. The van der Waals surface area contributed by atoms with Crippen molar-refractivity contribution in [3.63, 3.8) is 0 Å². The van der Waals surface area contributed by atoms with Crippen molar-refractivity contribution in [2.75, 3.05) is 38.2 Å². The van der Waals surface area contributed by atoms with Gasteiger partial charge in [0.05, 0.1) is 13.4 Å². The zero-order valence-electron chi connectivity index (χ0n) is 13.9. The molecule has 0 bridgehead atoms. The smallest absolute Gasteiger partial charge is 0.182 e. The van der Waals surface area contributed by atoms with E-state index in [-0.39, 0.29) is 11.6 Å². The van der Waals surface area contributed by atoms with Crippen molar-refractivity contribution in [3.05, 3.63) is 42.2 Å². The second kappa shape index (κ2) is 6.64. The van der Waals surface area contributed by atoms with E-state index < -0.39 is 0 Å². The van der Waals surface area contributed by atoms with Gasteiger partial charge in [0, 0.05) is 32.7 Å². The Hall–Kier alpha value is -2.74. The van der Waals surface area contributed by atoms with Crippen LogP contribution in [0, 0.1) is 5.82 Å². The Labute approximate surface area is 144 Å². The zero-order chi connectivity index (χ0) is 17.2. The summed E-state index contributed by atoms with van der Waals surface area (Å²) in [5.74, 6) is 0.847. The largest absolute Gasteiger partial charge is 0.494 e. The van der Waals surface area contributed by atoms with Gasteiger partial charge in [0.1, 0.15) is 11.8 Å². The molecule has 130 valence electrons. The lowest BCUT2D eigenvalue weighted by molar-refractivity contribution is 0.249. The van der Waals surface area contributed by atoms with Crippen LogP contribution in [0.15, 0.2) is 30.9 Å². The summed E-state index contributed by atoms with van der Waals surface area (Å²) >= 11 is 0. The van der Waals surface area contributed by atoms with Gasteiger partial charge in [-0.1, -0.05) is 6.07 Å². The second-order valence-corrected chi connectivity index (χ2v) is 6.03. The van der Waals surface area contributed by atoms with Crippen LogP contribution in [0.3, 0.4) is 0 Å². The third kappa shape index (κ3) is 3.12. The van der Waals surface area contributed by atoms with Crippen LogP contribution in [0.1, 0.15) is 5.56 Å². The summed E-state index contributed by atoms with van der Waals surface area (Å²) < 4.78 is 18.8. The number of imidazole rings is 1. The molecule has 3 aromatic rings. The van der Waals surface area contributed by atoms with Crippen LogP contribution in [0.2, 0.25) is 0 Å². The van der Waals surface area contributed by atoms with E-state index >= 15 is 0 Å². The monoisotopic (exact) mass is 342 g/mol. The van der Waals surface area contributed by atoms with E-state index in [4.69, 9.17) is 4.74 Å². The number of aromatic amines is 1. The summed E-state index contributed by atoms with van der Waals surface area (Å²) in [7, 11) is 1.47. The second-order valence-electron chi connectivity index (χ2n) is 6.03. The number of nitrogens with one attached hydrogen (secondary N) is 1. The van der Waals surface area contributed by atoms with Crippen molar-refractivity contribution in [1.29, 1.82) is 0 Å². The normalized spacial score (nSPS) is 15.7. The average Bonchev–Trinajstić information content (AvgIpc) is 3.11. The van der Waals surface area contributed by atoms with Crippen molar-refractivity contribution in [2.24, 2.45) is 0 Å². The molecule has 0 atom stereocenters. The van der Waals surface area contributed by atoms with E-state index in [0.717, 1.165) is 49.6 Å². The number of hydrogen-bond acceptors (Lipinski definition) is 6. The lowest BCUT2D eigenvalue weighted by Gasteiger charge is -2.35. The molecule has 4 rings (SSSR count). The van der Waals surface area contributed by atoms with Crippen LogP contribution < -0.4 is 9.64 Å². The molecule has 7 nitrogen and oxygen atoms in total. The number of hydrogen-bond donors (Lipinski definition) is 1. The Kier molecular flexibility index (Phi) is 4.19. The van der Waals surface area contributed by atoms with E-state index in [9.17, 15) is 4.39 Å². The van der Waals surface area contributed by atoms with Crippen LogP contribution in [0.5, 0.6) is 5.75 Å². The highest BCUT2D eigenvalue weighted by Crippen LogP contribution is 2.22. The van der Waals surface area contributed by atoms with Gasteiger partial charge in [-0.05, 0) is 17.7 Å². The molecule has 2 aromatic heterocycles. The van der Waals surface area contributed by atoms with Gasteiger partial charge in [0.15, 0.2) is 23.0 Å². The zero-order valence-corrected chi connectivity index (χ0v) is 13.9. The maximum atomic E-state index is 13.8. The average molecular weight is 342 g/mol. The van der Waals surface area contributed by atoms with Gasteiger partial charge in [-0.15, -0.1) is 0 Å². The van der Waals surface area contributed by atoms with Crippen molar-refractivity contribution in [2.45, 2.75) is 6.54 Å². The number of H-pyrrole nitrogens is 1. The molecule has 8 heteroatoms. The van der Waals surface area contributed by atoms with Gasteiger partial charge < -0.3 is 14.6 Å². The molecule has 1 aliphatic heterocycles. The van der Waals surface area contributed by atoms with E-state index in [2.05, 4.69) is 29.7 Å². The SMILES string of the molecule is COc1ccc(CN2CCN(c3ncnc4nc[nH]c34)CC2)cc1F. The lowest BCUT2D eigenvalue weighted by atomic mass is 10.2. The molecule has 25 heavy (non-hydrogen) atoms. The minimum absolute atomic E-state index is 0.279. The molecule has 1 fully saturated rings. The van der Waals surface area contributed by atoms with Gasteiger partial charge in [0.2, 0.25) is 0 Å². The first-order valence-corrected chi connectivity index (χ1v) is 8.18. The van der Waals surface area contributed by atoms with Crippen molar-refractivity contribution < 1.29 is 9.13 Å². The van der Waals surface area contributed by atoms with E-state index in [1.807, 2.05) is 6.07 Å². The molecule has 1 N–H and O–H groups in total. The molecule has 0 unspecified atom stereocenters. The number of anilines is 1. The summed E-state index contributed by atoms with van der Waals surface area (Å²) in [4.78, 5) is 20.4. The van der Waals surface area contributed by atoms with Gasteiger partial charge in [-0.25, -0.2) is 19.3 Å². The number of benzene rings is 1. The van der Waals surface area contributed by atoms with Crippen molar-refractivity contribution in [1.82, 2.24) is 24.8 Å². The minimum Gasteiger partial charge on any atom is -0.494 e. The Balaban J connectivity index is 1.41. The Bertz CT molecular complexity index is 874. The molecule has 0 spiro atoms. The Morgan fingerprint density at radius 1 is 1.16 bits per heavy atom. The van der Waals surface area contributed by atoms with Crippen LogP contribution in [-0.2, 0) is 6.54 Å². The summed E-state index contributed by atoms with van der Waals surface area (Å²) in [6, 6.07) is 5.13. The minimum atomic E-state index is -0.318. The first kappa shape index (κ1) is 15.8. The predicted octanol–water partition coefficient (Wildman–Crippen LogP) is 1.82. The summed E-state index contributed by atoms with van der Waals surface area (Å²) in [6.07, 6.45) is 3.18. The highest BCUT2D eigenvalue weighted by atomic mass is 19.1. The number of ether oxygens (including phenoxy) is 1. The fourth-order valence-electron chi connectivity index (χ4n) is 3.18. The van der Waals surface area contributed by atoms with Crippen LogP contribution in [0.25, 0.3) is 11.2 Å². The van der Waals surface area contributed by atoms with Crippen LogP contribution in [-0.4, -0.2) is 58.1 Å². The van der Waals surface area contributed by atoms with Gasteiger partial charge in [-0.3, -0.25) is 4.90 Å². The molecule has 0 aliphatic carbocycles. The van der Waals surface area contributed by atoms with Crippen LogP contribution >= 0.6 is 0 Å². The van der Waals surface area contributed by atoms with Crippen molar-refractivity contribution in [3.8, 4) is 5.75 Å². The quantitative estimate of drug-likeness (QED) is 0.780. The number of fused-ring (bicyclic) bond motifs is 1. The first-order valence-electron chi connectivity index (χ1n) is 8.18. The van der Waals surface area contributed by atoms with Crippen LogP contribution in [0.4, 0.5) is 10.2 Å². The molecular formula is C17H19FN6O. The molecule has 1 saturated heterocycles. The highest BCUT2D eigenvalue weighted by molar-refractivity contribution is 5.82. The fourth-order valence-corrected chi connectivity index (χ4v) is 3.18. The Morgan fingerprint density at radius 2 is 2.00 bits per heavy atom. The van der Waals surface area contributed by atoms with Gasteiger partial charge >= 0.3 is 0 Å². The van der Waals surface area contributed by atoms with E-state index in [0.29, 0.717) is 5.65 Å². The summed E-state index contributed by atoms with van der Waals surface area (Å²) in [5.41, 5.74) is 2.50. The maximum absolute atomic E-state index is 13.8. The molecular weight excluding hydrogens is 323 g/mol. The van der Waals surface area contributed by atoms with Gasteiger partial charge in [-0.2, -0.15) is 0 Å². The standard InChI is InChI=1S/C17H19FN6O/c1-25-14-3-2-12(8-13(14)18)9-23-4-6-24(7-5-23)17-15-16(20-10-19-15)21-11-22-17/h2-3,8,10-11H,4-7,9H2,1H3,(H,19,20,21,22). The topological polar surface area (TPSA) is 70.2 Å². The number of rotatable bonds is 4. The first-order chi connectivity index (χ1) is 12.2. The Morgan fingerprint density at radius 3 is 2.76 bits per heavy atom. The molecule has 1 aromatic carbocycles. The van der Waals surface area contributed by atoms with Gasteiger partial charge in [0.25, 0.3) is 0 Å². The summed E-state index contributed by atoms with van der Waals surface area (Å²) in [5, 5.41) is 0. The van der Waals surface area contributed by atoms with E-state index in [1.54, 1.807) is 24.8 Å². The van der Waals surface area contributed by atoms with E-state index in [1.165, 1.54) is 7.11 Å². The third-order valence-electron chi connectivity index (χ3n) is 4.50. The predicted molar refractivity (Wildman–Crippen MR) is 92.1 cm³/mol. The summed E-state index contributed by atoms with van der Waals surface area (Å²) in [6.45, 7) is 4.19. The third-order valence-corrected chi connectivity index (χ3v) is 4.50. The highest BCUT2D eigenvalue weighted by Gasteiger charge is 2.21. The molecule has 0 radical (unpaired) electrons. The van der Waals surface area contributed by atoms with Crippen molar-refractivity contribution >= 4 is 17.0 Å². The molecule has 0 saturated carbocycles. The lowest BCUT2D eigenvalue weighted by Crippen LogP contribution is -2.46. The fraction of sp³-hybridized carbons (Fsp3) is 0.353. The number of halogens is 1. The number of methoxy groups -OCH3 is 1. The number of nitrogens with zero attached hydrogens (tertiary/aromatic N) is 5. The molecule has 0 amide bonds. The number of piperazine rings is 1. The maximum Gasteiger partial charge on any atom is 0.182 e. The molecule has 1 aliphatic rings. The number of aromatic nitrogens is 4.